The van der Waals surface area contributed by atoms with Gasteiger partial charge in [-0.1, -0.05) is 29.0 Å². The van der Waals surface area contributed by atoms with Gasteiger partial charge in [0.05, 0.1) is 22.5 Å². The van der Waals surface area contributed by atoms with Gasteiger partial charge in [-0.05, 0) is 37.3 Å². The van der Waals surface area contributed by atoms with Gasteiger partial charge in [-0.15, -0.1) is 0 Å². The number of aryl methyl sites for hydroxylation is 2. The molecular weight excluding hydrogens is 372 g/mol. The number of anilines is 1. The number of rotatable bonds is 4. The van der Waals surface area contributed by atoms with E-state index in [1.807, 2.05) is 25.1 Å². The summed E-state index contributed by atoms with van der Waals surface area (Å²) in [7, 11) is 1.81. The Morgan fingerprint density at radius 1 is 1.35 bits per heavy atom. The minimum absolute atomic E-state index is 0.236. The average molecular weight is 387 g/mol. The number of thiazole rings is 1. The summed E-state index contributed by atoms with van der Waals surface area (Å²) in [5.74, 6) is 0.427. The molecule has 0 saturated heterocycles. The summed E-state index contributed by atoms with van der Waals surface area (Å²) in [6, 6.07) is 11.0. The molecule has 0 saturated carbocycles. The van der Waals surface area contributed by atoms with Crippen molar-refractivity contribution < 1.29 is 9.21 Å². The molecule has 0 bridgehead atoms. The van der Waals surface area contributed by atoms with Gasteiger partial charge in [0, 0.05) is 12.7 Å². The smallest absolute Gasteiger partial charge is 0.280 e. The zero-order valence-corrected chi connectivity index (χ0v) is 15.7. The van der Waals surface area contributed by atoms with Crippen molar-refractivity contribution >= 4 is 44.2 Å². The molecule has 4 rings (SSSR count). The lowest BCUT2D eigenvalue weighted by molar-refractivity contribution is 0.0977. The molecule has 0 fully saturated rings. The number of para-hydroxylation sites is 1. The van der Waals surface area contributed by atoms with Gasteiger partial charge in [0.1, 0.15) is 11.3 Å². The predicted molar refractivity (Wildman–Crippen MR) is 102 cm³/mol. The van der Waals surface area contributed by atoms with Crippen LogP contribution in [0.15, 0.2) is 47.1 Å². The van der Waals surface area contributed by atoms with Crippen molar-refractivity contribution in [1.29, 1.82) is 0 Å². The maximum Gasteiger partial charge on any atom is 0.280 e. The first kappa shape index (κ1) is 16.8. The highest BCUT2D eigenvalue weighted by Crippen LogP contribution is 2.34. The van der Waals surface area contributed by atoms with Crippen LogP contribution in [0, 0.1) is 6.92 Å². The number of furan rings is 1. The third kappa shape index (κ3) is 3.00. The summed E-state index contributed by atoms with van der Waals surface area (Å²) < 4.78 is 8.02. The van der Waals surface area contributed by atoms with Crippen LogP contribution in [0.3, 0.4) is 0 Å². The number of halogens is 1. The first-order valence-corrected chi connectivity index (χ1v) is 9.12. The maximum absolute atomic E-state index is 13.1. The largest absolute Gasteiger partial charge is 0.467 e. The van der Waals surface area contributed by atoms with E-state index >= 15 is 0 Å². The number of aromatic nitrogens is 3. The SMILES string of the molecule is Cc1cc(C(=O)N(Cc2ccco2)c2nc3c(Cl)cccc3s2)nn1C. The van der Waals surface area contributed by atoms with Gasteiger partial charge >= 0.3 is 0 Å². The fraction of sp³-hybridized carbons (Fsp3) is 0.167. The molecule has 26 heavy (non-hydrogen) atoms. The Bertz CT molecular complexity index is 1060. The molecule has 0 atom stereocenters. The van der Waals surface area contributed by atoms with Crippen LogP contribution in [0.5, 0.6) is 0 Å². The van der Waals surface area contributed by atoms with Crippen molar-refractivity contribution in [3.05, 3.63) is 64.8 Å². The van der Waals surface area contributed by atoms with E-state index in [0.717, 1.165) is 10.4 Å². The van der Waals surface area contributed by atoms with Gasteiger partial charge in [-0.25, -0.2) is 4.98 Å². The minimum Gasteiger partial charge on any atom is -0.467 e. The Morgan fingerprint density at radius 3 is 2.85 bits per heavy atom. The number of amides is 1. The standard InChI is InChI=1S/C18H15ClN4O2S/c1-11-9-14(21-22(11)2)17(24)23(10-12-5-4-8-25-12)18-20-16-13(19)6-3-7-15(16)26-18/h3-9H,10H2,1-2H3. The molecule has 8 heteroatoms. The van der Waals surface area contributed by atoms with E-state index in [-0.39, 0.29) is 12.5 Å². The Hall–Kier alpha value is -2.64. The summed E-state index contributed by atoms with van der Waals surface area (Å²) in [5, 5.41) is 5.42. The monoisotopic (exact) mass is 386 g/mol. The van der Waals surface area contributed by atoms with Crippen molar-refractivity contribution in [2.75, 3.05) is 4.90 Å². The van der Waals surface area contributed by atoms with E-state index in [2.05, 4.69) is 10.1 Å². The van der Waals surface area contributed by atoms with Gasteiger partial charge in [-0.3, -0.25) is 14.4 Å². The Morgan fingerprint density at radius 2 is 2.19 bits per heavy atom. The van der Waals surface area contributed by atoms with Gasteiger partial charge in [0.25, 0.3) is 5.91 Å². The molecular formula is C18H15ClN4O2S. The van der Waals surface area contributed by atoms with Gasteiger partial charge in [0.2, 0.25) is 0 Å². The van der Waals surface area contributed by atoms with Crippen LogP contribution >= 0.6 is 22.9 Å². The lowest BCUT2D eigenvalue weighted by atomic mass is 10.3. The third-order valence-corrected chi connectivity index (χ3v) is 5.41. The van der Waals surface area contributed by atoms with Crippen molar-refractivity contribution in [2.45, 2.75) is 13.5 Å². The molecule has 1 aromatic carbocycles. The van der Waals surface area contributed by atoms with E-state index in [9.17, 15) is 4.79 Å². The quantitative estimate of drug-likeness (QED) is 0.520. The number of carbonyl (C=O) groups excluding carboxylic acids is 1. The zero-order chi connectivity index (χ0) is 18.3. The fourth-order valence-electron chi connectivity index (χ4n) is 2.61. The van der Waals surface area contributed by atoms with E-state index in [0.29, 0.717) is 27.1 Å². The molecule has 0 aliphatic rings. The van der Waals surface area contributed by atoms with Gasteiger partial charge in [0.15, 0.2) is 10.8 Å². The maximum atomic E-state index is 13.1. The predicted octanol–water partition coefficient (Wildman–Crippen LogP) is 4.43. The second-order valence-electron chi connectivity index (χ2n) is 5.85. The first-order chi connectivity index (χ1) is 12.5. The summed E-state index contributed by atoms with van der Waals surface area (Å²) in [6.07, 6.45) is 1.58. The number of fused-ring (bicyclic) bond motifs is 1. The van der Waals surface area contributed by atoms with E-state index in [4.69, 9.17) is 16.0 Å². The van der Waals surface area contributed by atoms with E-state index in [1.165, 1.54) is 11.3 Å². The number of nitrogens with zero attached hydrogens (tertiary/aromatic N) is 4. The number of hydrogen-bond donors (Lipinski definition) is 0. The van der Waals surface area contributed by atoms with Crippen LogP contribution in [0.4, 0.5) is 5.13 Å². The number of hydrogen-bond acceptors (Lipinski definition) is 5. The molecule has 0 radical (unpaired) electrons. The third-order valence-electron chi connectivity index (χ3n) is 4.06. The van der Waals surface area contributed by atoms with Crippen molar-refractivity contribution in [3.63, 3.8) is 0 Å². The van der Waals surface area contributed by atoms with Crippen LogP contribution in [0.1, 0.15) is 21.9 Å². The molecule has 0 aliphatic heterocycles. The van der Waals surface area contributed by atoms with Crippen LogP contribution in [0.25, 0.3) is 10.2 Å². The molecule has 0 N–H and O–H groups in total. The lowest BCUT2D eigenvalue weighted by Gasteiger charge is -2.17. The zero-order valence-electron chi connectivity index (χ0n) is 14.1. The van der Waals surface area contributed by atoms with Crippen LogP contribution < -0.4 is 4.90 Å². The Balaban J connectivity index is 1.78. The average Bonchev–Trinajstić information content (AvgIpc) is 3.33. The first-order valence-electron chi connectivity index (χ1n) is 7.93. The van der Waals surface area contributed by atoms with E-state index in [1.54, 1.807) is 41.1 Å². The fourth-order valence-corrected chi connectivity index (χ4v) is 3.87. The van der Waals surface area contributed by atoms with Crippen molar-refractivity contribution in [2.24, 2.45) is 7.05 Å². The Labute approximate surface area is 158 Å². The molecule has 1 amide bonds. The van der Waals surface area contributed by atoms with Crippen LogP contribution in [-0.2, 0) is 13.6 Å². The highest BCUT2D eigenvalue weighted by atomic mass is 35.5. The van der Waals surface area contributed by atoms with Crippen LogP contribution in [0.2, 0.25) is 5.02 Å². The van der Waals surface area contributed by atoms with E-state index < -0.39 is 0 Å². The number of benzene rings is 1. The number of carbonyl (C=O) groups is 1. The molecule has 132 valence electrons. The molecule has 3 aromatic heterocycles. The summed E-state index contributed by atoms with van der Waals surface area (Å²) in [5.41, 5.74) is 1.95. The Kier molecular flexibility index (Phi) is 4.26. The second-order valence-corrected chi connectivity index (χ2v) is 7.26. The molecule has 0 aliphatic carbocycles. The van der Waals surface area contributed by atoms with Crippen LogP contribution in [-0.4, -0.2) is 20.7 Å². The van der Waals surface area contributed by atoms with Gasteiger partial charge in [-0.2, -0.15) is 5.10 Å². The molecule has 0 unspecified atom stereocenters. The lowest BCUT2D eigenvalue weighted by Crippen LogP contribution is -2.30. The molecule has 4 aromatic rings. The highest BCUT2D eigenvalue weighted by molar-refractivity contribution is 7.22. The second kappa shape index (κ2) is 6.59. The summed E-state index contributed by atoms with van der Waals surface area (Å²) >= 11 is 7.65. The highest BCUT2D eigenvalue weighted by Gasteiger charge is 2.25. The normalized spacial score (nSPS) is 11.2. The van der Waals surface area contributed by atoms with Crippen molar-refractivity contribution in [3.8, 4) is 0 Å². The van der Waals surface area contributed by atoms with Crippen molar-refractivity contribution in [1.82, 2.24) is 14.8 Å². The molecule has 6 nitrogen and oxygen atoms in total. The summed E-state index contributed by atoms with van der Waals surface area (Å²) in [4.78, 5) is 19.3. The van der Waals surface area contributed by atoms with Gasteiger partial charge < -0.3 is 4.42 Å². The molecule has 0 spiro atoms. The minimum atomic E-state index is -0.236. The topological polar surface area (TPSA) is 64.2 Å². The summed E-state index contributed by atoms with van der Waals surface area (Å²) in [6.45, 7) is 2.16. The molecule has 3 heterocycles.